The van der Waals surface area contributed by atoms with Crippen molar-refractivity contribution in [3.8, 4) is 11.1 Å². The van der Waals surface area contributed by atoms with Crippen molar-refractivity contribution in [3.63, 3.8) is 0 Å². The average molecular weight is 451 g/mol. The lowest BCUT2D eigenvalue weighted by atomic mass is 9.86. The maximum absolute atomic E-state index is 12.8. The molecule has 2 aromatic carbocycles. The Morgan fingerprint density at radius 2 is 1.61 bits per heavy atom. The zero-order valence-corrected chi connectivity index (χ0v) is 19.1. The maximum atomic E-state index is 12.8. The minimum Gasteiger partial charge on any atom is -0.481 e. The molecule has 2 amide bonds. The summed E-state index contributed by atoms with van der Waals surface area (Å²) in [6.07, 6.45) is -0.0861. The van der Waals surface area contributed by atoms with Crippen molar-refractivity contribution in [2.75, 3.05) is 13.2 Å². The number of aliphatic carboxylic acids is 1. The molecule has 0 aromatic heterocycles. The summed E-state index contributed by atoms with van der Waals surface area (Å²) in [6.45, 7) is 6.03. The molecule has 0 saturated heterocycles. The molecule has 1 fully saturated rings. The third-order valence-electron chi connectivity index (χ3n) is 6.51. The molecule has 174 valence electrons. The Bertz CT molecular complexity index is 1030. The molecule has 3 unspecified atom stereocenters. The summed E-state index contributed by atoms with van der Waals surface area (Å²) in [6, 6.07) is 15.4. The van der Waals surface area contributed by atoms with Crippen molar-refractivity contribution in [3.05, 3.63) is 59.7 Å². The highest BCUT2D eigenvalue weighted by Gasteiger charge is 2.44. The molecule has 33 heavy (non-hydrogen) atoms. The van der Waals surface area contributed by atoms with E-state index in [1.807, 2.05) is 45.0 Å². The molecule has 2 aliphatic carbocycles. The van der Waals surface area contributed by atoms with Gasteiger partial charge in [0.25, 0.3) is 0 Å². The molecule has 7 heteroatoms. The third kappa shape index (κ3) is 4.87. The van der Waals surface area contributed by atoms with E-state index in [0.29, 0.717) is 6.42 Å². The predicted molar refractivity (Wildman–Crippen MR) is 124 cm³/mol. The van der Waals surface area contributed by atoms with Gasteiger partial charge in [0.15, 0.2) is 0 Å². The number of hydrogen-bond acceptors (Lipinski definition) is 4. The van der Waals surface area contributed by atoms with Crippen LogP contribution < -0.4 is 10.6 Å². The lowest BCUT2D eigenvalue weighted by Gasteiger charge is -2.30. The van der Waals surface area contributed by atoms with Crippen LogP contribution in [0.15, 0.2) is 48.5 Å². The van der Waals surface area contributed by atoms with E-state index < -0.39 is 29.4 Å². The van der Waals surface area contributed by atoms with Crippen LogP contribution in [0.1, 0.15) is 44.2 Å². The minimum absolute atomic E-state index is 0.0541. The van der Waals surface area contributed by atoms with E-state index in [1.165, 1.54) is 0 Å². The molecule has 2 aliphatic rings. The van der Waals surface area contributed by atoms with E-state index in [9.17, 15) is 14.4 Å². The Morgan fingerprint density at radius 1 is 1.03 bits per heavy atom. The molecule has 4 rings (SSSR count). The fourth-order valence-corrected chi connectivity index (χ4v) is 4.54. The number of carbonyl (C=O) groups is 3. The first kappa shape index (κ1) is 22.8. The number of ether oxygens (including phenoxy) is 1. The van der Waals surface area contributed by atoms with Crippen LogP contribution in [0.3, 0.4) is 0 Å². The molecule has 0 aliphatic heterocycles. The molecular weight excluding hydrogens is 420 g/mol. The van der Waals surface area contributed by atoms with Gasteiger partial charge in [-0.3, -0.25) is 9.59 Å². The van der Waals surface area contributed by atoms with Gasteiger partial charge in [0.2, 0.25) is 5.91 Å². The van der Waals surface area contributed by atoms with Gasteiger partial charge in [-0.1, -0.05) is 69.3 Å². The zero-order valence-electron chi connectivity index (χ0n) is 19.1. The number of nitrogens with one attached hydrogen (secondary N) is 2. The summed E-state index contributed by atoms with van der Waals surface area (Å²) < 4.78 is 5.59. The highest BCUT2D eigenvalue weighted by atomic mass is 16.5. The van der Waals surface area contributed by atoms with Gasteiger partial charge in [-0.2, -0.15) is 0 Å². The Morgan fingerprint density at radius 3 is 2.12 bits per heavy atom. The number of benzene rings is 2. The number of hydrogen-bond donors (Lipinski definition) is 3. The molecule has 3 atom stereocenters. The topological polar surface area (TPSA) is 105 Å². The summed E-state index contributed by atoms with van der Waals surface area (Å²) >= 11 is 0. The zero-order chi connectivity index (χ0) is 23.8. The first-order valence-electron chi connectivity index (χ1n) is 11.3. The van der Waals surface area contributed by atoms with E-state index in [0.717, 1.165) is 22.3 Å². The predicted octanol–water partition coefficient (Wildman–Crippen LogP) is 3.78. The number of carboxylic acids is 1. The van der Waals surface area contributed by atoms with Gasteiger partial charge in [0.05, 0.1) is 5.92 Å². The number of amides is 2. The molecule has 0 bridgehead atoms. The Balaban J connectivity index is 1.37. The third-order valence-corrected chi connectivity index (χ3v) is 6.51. The molecular formula is C26H30N2O5. The van der Waals surface area contributed by atoms with Gasteiger partial charge in [0.1, 0.15) is 12.6 Å². The molecule has 3 N–H and O–H groups in total. The van der Waals surface area contributed by atoms with Crippen molar-refractivity contribution in [1.29, 1.82) is 0 Å². The highest BCUT2D eigenvalue weighted by molar-refractivity contribution is 5.86. The highest BCUT2D eigenvalue weighted by Crippen LogP contribution is 2.44. The first-order chi connectivity index (χ1) is 15.7. The normalized spacial score (nSPS) is 19.7. The average Bonchev–Trinajstić information content (AvgIpc) is 3.49. The van der Waals surface area contributed by atoms with Crippen LogP contribution in [0.25, 0.3) is 11.1 Å². The van der Waals surface area contributed by atoms with Gasteiger partial charge < -0.3 is 20.5 Å². The monoisotopic (exact) mass is 450 g/mol. The van der Waals surface area contributed by atoms with Crippen LogP contribution >= 0.6 is 0 Å². The lowest BCUT2D eigenvalue weighted by molar-refractivity contribution is -0.139. The second-order valence-corrected chi connectivity index (χ2v) is 9.95. The van der Waals surface area contributed by atoms with Crippen LogP contribution in [0.2, 0.25) is 0 Å². The van der Waals surface area contributed by atoms with Crippen LogP contribution in [-0.2, 0) is 14.3 Å². The van der Waals surface area contributed by atoms with Crippen molar-refractivity contribution in [2.24, 2.45) is 17.3 Å². The van der Waals surface area contributed by atoms with Crippen molar-refractivity contribution in [1.82, 2.24) is 10.6 Å². The number of carboxylic acid groups (broad SMARTS) is 1. The fraction of sp³-hybridized carbons (Fsp3) is 0.423. The Labute approximate surface area is 193 Å². The van der Waals surface area contributed by atoms with Gasteiger partial charge in [0, 0.05) is 12.5 Å². The number of fused-ring (bicyclic) bond motifs is 3. The van der Waals surface area contributed by atoms with Crippen LogP contribution in [-0.4, -0.2) is 42.3 Å². The van der Waals surface area contributed by atoms with Crippen molar-refractivity contribution < 1.29 is 24.2 Å². The smallest absolute Gasteiger partial charge is 0.407 e. The molecule has 0 radical (unpaired) electrons. The summed E-state index contributed by atoms with van der Waals surface area (Å²) in [5.74, 6) is -1.69. The largest absolute Gasteiger partial charge is 0.481 e. The Hall–Kier alpha value is -3.35. The van der Waals surface area contributed by atoms with Crippen molar-refractivity contribution >= 4 is 18.0 Å². The number of alkyl carbamates (subject to hydrolysis) is 1. The maximum Gasteiger partial charge on any atom is 0.407 e. The quantitative estimate of drug-likeness (QED) is 0.596. The summed E-state index contributed by atoms with van der Waals surface area (Å²) in [7, 11) is 0. The SMILES string of the molecule is CC(C)(C)C(NC(=O)OCC1c2ccccc2-c2ccccc21)C(=O)NCC1CC1C(=O)O. The van der Waals surface area contributed by atoms with Gasteiger partial charge in [-0.05, 0) is 40.0 Å². The van der Waals surface area contributed by atoms with Crippen LogP contribution in [0.4, 0.5) is 4.79 Å². The fourth-order valence-electron chi connectivity index (χ4n) is 4.54. The van der Waals surface area contributed by atoms with E-state index in [2.05, 4.69) is 34.9 Å². The molecule has 0 heterocycles. The number of rotatable bonds is 7. The summed E-state index contributed by atoms with van der Waals surface area (Å²) in [5.41, 5.74) is 3.98. The van der Waals surface area contributed by atoms with Crippen LogP contribution in [0, 0.1) is 17.3 Å². The second-order valence-electron chi connectivity index (χ2n) is 9.95. The standard InChI is InChI=1S/C26H30N2O5/c1-26(2,3)22(23(29)27-13-15-12-20(15)24(30)31)28-25(32)33-14-21-18-10-6-4-8-16(18)17-9-5-7-11-19(17)21/h4-11,15,20-22H,12-14H2,1-3H3,(H,27,29)(H,28,32)(H,30,31). The second kappa shape index (κ2) is 8.89. The number of carbonyl (C=O) groups excluding carboxylic acids is 2. The Kier molecular flexibility index (Phi) is 6.15. The lowest BCUT2D eigenvalue weighted by Crippen LogP contribution is -2.54. The van der Waals surface area contributed by atoms with E-state index >= 15 is 0 Å². The summed E-state index contributed by atoms with van der Waals surface area (Å²) in [5, 5.41) is 14.5. The molecule has 7 nitrogen and oxygen atoms in total. The van der Waals surface area contributed by atoms with Crippen molar-refractivity contribution in [2.45, 2.75) is 39.2 Å². The van der Waals surface area contributed by atoms with Gasteiger partial charge in [-0.25, -0.2) is 4.79 Å². The molecule has 0 spiro atoms. The van der Waals surface area contributed by atoms with Gasteiger partial charge in [-0.15, -0.1) is 0 Å². The first-order valence-corrected chi connectivity index (χ1v) is 11.3. The van der Waals surface area contributed by atoms with E-state index in [-0.39, 0.29) is 30.9 Å². The summed E-state index contributed by atoms with van der Waals surface area (Å²) in [4.78, 5) is 36.5. The molecule has 1 saturated carbocycles. The molecule has 2 aromatic rings. The minimum atomic E-state index is -0.835. The van der Waals surface area contributed by atoms with E-state index in [4.69, 9.17) is 9.84 Å². The van der Waals surface area contributed by atoms with Crippen LogP contribution in [0.5, 0.6) is 0 Å². The van der Waals surface area contributed by atoms with Gasteiger partial charge >= 0.3 is 12.1 Å². The van der Waals surface area contributed by atoms with E-state index in [1.54, 1.807) is 0 Å².